The Labute approximate surface area is 200 Å². The van der Waals surface area contributed by atoms with Gasteiger partial charge in [-0.15, -0.1) is 11.3 Å². The Hall–Kier alpha value is -3.84. The highest BCUT2D eigenvalue weighted by Gasteiger charge is 2.33. The summed E-state index contributed by atoms with van der Waals surface area (Å²) in [5.41, 5.74) is 1.70. The van der Waals surface area contributed by atoms with Crippen LogP contribution in [0.3, 0.4) is 0 Å². The van der Waals surface area contributed by atoms with E-state index in [1.165, 1.54) is 64.8 Å². The first-order valence-corrected chi connectivity index (χ1v) is 11.6. The van der Waals surface area contributed by atoms with Crippen LogP contribution >= 0.6 is 11.3 Å². The minimum atomic E-state index is -1.08. The number of carbonyl (C=O) groups is 2. The number of hydrogen-bond donors (Lipinski definition) is 1. The van der Waals surface area contributed by atoms with Crippen LogP contribution in [0.15, 0.2) is 96.4 Å². The summed E-state index contributed by atoms with van der Waals surface area (Å²) in [6.45, 7) is 0.258. The van der Waals surface area contributed by atoms with Gasteiger partial charge in [0.05, 0.1) is 6.42 Å². The summed E-state index contributed by atoms with van der Waals surface area (Å²) in [7, 11) is 0. The number of nitrogens with one attached hydrogen (secondary N) is 1. The molecule has 0 aliphatic rings. The number of nitrogens with zero attached hydrogens (tertiary/aromatic N) is 1. The zero-order chi connectivity index (χ0) is 23.9. The van der Waals surface area contributed by atoms with E-state index in [4.69, 9.17) is 0 Å². The van der Waals surface area contributed by atoms with Gasteiger partial charge in [0.1, 0.15) is 17.7 Å². The van der Waals surface area contributed by atoms with Gasteiger partial charge in [0.25, 0.3) is 0 Å². The predicted octanol–water partition coefficient (Wildman–Crippen LogP) is 5.66. The molecule has 0 radical (unpaired) electrons. The highest BCUT2D eigenvalue weighted by molar-refractivity contribution is 7.10. The van der Waals surface area contributed by atoms with E-state index in [1.807, 2.05) is 47.8 Å². The normalized spacial score (nSPS) is 11.6. The molecule has 0 bridgehead atoms. The second-order valence-corrected chi connectivity index (χ2v) is 8.69. The van der Waals surface area contributed by atoms with Crippen molar-refractivity contribution >= 4 is 28.8 Å². The van der Waals surface area contributed by atoms with Gasteiger partial charge in [0.2, 0.25) is 11.8 Å². The topological polar surface area (TPSA) is 49.4 Å². The Kier molecular flexibility index (Phi) is 7.44. The van der Waals surface area contributed by atoms with Gasteiger partial charge in [0.15, 0.2) is 0 Å². The molecule has 1 N–H and O–H groups in total. The standard InChI is InChI=1S/C27H22F2N2O2S/c28-21-10-8-20(9-11-21)26(27(33)30-18-19-5-2-1-3-6-19)31(23-14-12-22(29)13-15-23)25(32)17-24-7-4-16-34-24/h1-16,26H,17-18H2,(H,30,33)/t26-/m0/s1. The Morgan fingerprint density at radius 3 is 2.09 bits per heavy atom. The number of carbonyl (C=O) groups excluding carboxylic acids is 2. The molecule has 4 rings (SSSR count). The van der Waals surface area contributed by atoms with Gasteiger partial charge in [0, 0.05) is 17.1 Å². The summed E-state index contributed by atoms with van der Waals surface area (Å²) in [6, 6.07) is 22.9. The van der Waals surface area contributed by atoms with Crippen LogP contribution in [0.25, 0.3) is 0 Å². The average molecular weight is 477 g/mol. The van der Waals surface area contributed by atoms with Gasteiger partial charge in [-0.25, -0.2) is 8.78 Å². The monoisotopic (exact) mass is 476 g/mol. The Bertz CT molecular complexity index is 1230. The van der Waals surface area contributed by atoms with Crippen molar-refractivity contribution in [1.29, 1.82) is 0 Å². The maximum Gasteiger partial charge on any atom is 0.248 e. The van der Waals surface area contributed by atoms with Crippen LogP contribution < -0.4 is 10.2 Å². The Morgan fingerprint density at radius 2 is 1.47 bits per heavy atom. The third-order valence-electron chi connectivity index (χ3n) is 5.28. The van der Waals surface area contributed by atoms with Crippen LogP contribution in [0.4, 0.5) is 14.5 Å². The van der Waals surface area contributed by atoms with Crippen LogP contribution in [-0.4, -0.2) is 11.8 Å². The van der Waals surface area contributed by atoms with Gasteiger partial charge < -0.3 is 5.32 Å². The van der Waals surface area contributed by atoms with Gasteiger partial charge >= 0.3 is 0 Å². The van der Waals surface area contributed by atoms with E-state index in [0.29, 0.717) is 11.3 Å². The smallest absolute Gasteiger partial charge is 0.248 e. The van der Waals surface area contributed by atoms with Crippen molar-refractivity contribution in [2.45, 2.75) is 19.0 Å². The largest absolute Gasteiger partial charge is 0.350 e. The SMILES string of the molecule is O=C(NCc1ccccc1)[C@H](c1ccc(F)cc1)N(C(=O)Cc1cccs1)c1ccc(F)cc1. The van der Waals surface area contributed by atoms with E-state index in [9.17, 15) is 18.4 Å². The molecular weight excluding hydrogens is 454 g/mol. The second-order valence-electron chi connectivity index (χ2n) is 7.65. The van der Waals surface area contributed by atoms with Crippen molar-refractivity contribution < 1.29 is 18.4 Å². The summed E-state index contributed by atoms with van der Waals surface area (Å²) in [6.07, 6.45) is 0.0682. The third-order valence-corrected chi connectivity index (χ3v) is 6.16. The molecule has 0 aliphatic heterocycles. The fraction of sp³-hybridized carbons (Fsp3) is 0.111. The summed E-state index contributed by atoms with van der Waals surface area (Å²) in [4.78, 5) is 29.2. The molecule has 172 valence electrons. The van der Waals surface area contributed by atoms with Gasteiger partial charge in [-0.2, -0.15) is 0 Å². The molecule has 1 aromatic heterocycles. The molecule has 1 atom stereocenters. The van der Waals surface area contributed by atoms with Crippen molar-refractivity contribution in [3.8, 4) is 0 Å². The average Bonchev–Trinajstić information content (AvgIpc) is 3.36. The zero-order valence-corrected chi connectivity index (χ0v) is 19.0. The molecule has 7 heteroatoms. The van der Waals surface area contributed by atoms with Crippen LogP contribution in [0.2, 0.25) is 0 Å². The Balaban J connectivity index is 1.72. The highest BCUT2D eigenvalue weighted by Crippen LogP contribution is 2.30. The van der Waals surface area contributed by atoms with E-state index >= 15 is 0 Å². The summed E-state index contributed by atoms with van der Waals surface area (Å²) >= 11 is 1.43. The first kappa shape index (κ1) is 23.3. The van der Waals surface area contributed by atoms with E-state index in [0.717, 1.165) is 10.4 Å². The summed E-state index contributed by atoms with van der Waals surface area (Å²) in [5.74, 6) is -1.68. The summed E-state index contributed by atoms with van der Waals surface area (Å²) in [5, 5.41) is 4.76. The number of thiophene rings is 1. The van der Waals surface area contributed by atoms with E-state index < -0.39 is 23.6 Å². The second kappa shape index (κ2) is 10.9. The molecule has 0 unspecified atom stereocenters. The number of halogens is 2. The maximum atomic E-state index is 13.7. The van der Waals surface area contributed by atoms with Gasteiger partial charge in [-0.3, -0.25) is 14.5 Å². The fourth-order valence-corrected chi connectivity index (χ4v) is 4.33. The molecule has 3 aromatic carbocycles. The van der Waals surface area contributed by atoms with Gasteiger partial charge in [-0.1, -0.05) is 48.5 Å². The molecule has 4 aromatic rings. The number of rotatable bonds is 8. The quantitative estimate of drug-likeness (QED) is 0.357. The molecule has 1 heterocycles. The van der Waals surface area contributed by atoms with Crippen molar-refractivity contribution in [1.82, 2.24) is 5.32 Å². The van der Waals surface area contributed by atoms with Crippen molar-refractivity contribution in [3.05, 3.63) is 124 Å². The van der Waals surface area contributed by atoms with Crippen LogP contribution in [0.1, 0.15) is 22.0 Å². The minimum absolute atomic E-state index is 0.0682. The molecule has 0 spiro atoms. The zero-order valence-electron chi connectivity index (χ0n) is 18.2. The number of benzene rings is 3. The number of anilines is 1. The molecule has 2 amide bonds. The molecule has 34 heavy (non-hydrogen) atoms. The van der Waals surface area contributed by atoms with Gasteiger partial charge in [-0.05, 0) is 59.0 Å². The lowest BCUT2D eigenvalue weighted by Crippen LogP contribution is -2.44. The lowest BCUT2D eigenvalue weighted by molar-refractivity contribution is -0.126. The lowest BCUT2D eigenvalue weighted by atomic mass is 10.0. The summed E-state index contributed by atoms with van der Waals surface area (Å²) < 4.78 is 27.3. The molecule has 4 nitrogen and oxygen atoms in total. The lowest BCUT2D eigenvalue weighted by Gasteiger charge is -2.31. The number of amides is 2. The molecule has 0 saturated heterocycles. The van der Waals surface area contributed by atoms with Crippen molar-refractivity contribution in [3.63, 3.8) is 0 Å². The first-order valence-electron chi connectivity index (χ1n) is 10.7. The predicted molar refractivity (Wildman–Crippen MR) is 129 cm³/mol. The van der Waals surface area contributed by atoms with E-state index in [-0.39, 0.29) is 18.9 Å². The Morgan fingerprint density at radius 1 is 0.824 bits per heavy atom. The highest BCUT2D eigenvalue weighted by atomic mass is 32.1. The maximum absolute atomic E-state index is 13.7. The fourth-order valence-electron chi connectivity index (χ4n) is 3.63. The van der Waals surface area contributed by atoms with E-state index in [1.54, 1.807) is 0 Å². The molecule has 0 aliphatic carbocycles. The van der Waals surface area contributed by atoms with Crippen LogP contribution in [-0.2, 0) is 22.6 Å². The molecular formula is C27H22F2N2O2S. The molecule has 0 fully saturated rings. The van der Waals surface area contributed by atoms with Crippen molar-refractivity contribution in [2.75, 3.05) is 4.90 Å². The van der Waals surface area contributed by atoms with E-state index in [2.05, 4.69) is 5.32 Å². The van der Waals surface area contributed by atoms with Crippen LogP contribution in [0.5, 0.6) is 0 Å². The van der Waals surface area contributed by atoms with Crippen molar-refractivity contribution in [2.24, 2.45) is 0 Å². The van der Waals surface area contributed by atoms with Crippen LogP contribution in [0, 0.1) is 11.6 Å². The number of hydrogen-bond acceptors (Lipinski definition) is 3. The minimum Gasteiger partial charge on any atom is -0.350 e. The first-order chi connectivity index (χ1) is 16.5. The molecule has 0 saturated carbocycles. The third kappa shape index (κ3) is 5.74.